The van der Waals surface area contributed by atoms with E-state index >= 15 is 0 Å². The highest BCUT2D eigenvalue weighted by Gasteiger charge is 2.23. The topological polar surface area (TPSA) is 49.3 Å². The van der Waals surface area contributed by atoms with Crippen molar-refractivity contribution in [3.63, 3.8) is 0 Å². The first-order valence-electron chi connectivity index (χ1n) is 8.07. The number of fused-ring (bicyclic) bond motifs is 1. The highest BCUT2D eigenvalue weighted by atomic mass is 32.1. The summed E-state index contributed by atoms with van der Waals surface area (Å²) in [6, 6.07) is 12.2. The Morgan fingerprint density at radius 2 is 1.92 bits per heavy atom. The molecule has 0 N–H and O–H groups in total. The number of benzene rings is 1. The molecule has 4 rings (SSSR count). The van der Waals surface area contributed by atoms with E-state index in [0.29, 0.717) is 6.42 Å². The molecule has 0 saturated carbocycles. The Bertz CT molecular complexity index is 836. The Labute approximate surface area is 144 Å². The minimum absolute atomic E-state index is 0.209. The van der Waals surface area contributed by atoms with Crippen molar-refractivity contribution in [3.8, 4) is 0 Å². The van der Waals surface area contributed by atoms with Crippen molar-refractivity contribution in [1.29, 1.82) is 0 Å². The molecule has 1 amide bonds. The van der Waals surface area contributed by atoms with E-state index in [9.17, 15) is 4.79 Å². The summed E-state index contributed by atoms with van der Waals surface area (Å²) in [6.45, 7) is 3.04. The zero-order valence-electron chi connectivity index (χ0n) is 13.3. The van der Waals surface area contributed by atoms with Gasteiger partial charge in [0.15, 0.2) is 5.82 Å². The van der Waals surface area contributed by atoms with Gasteiger partial charge >= 0.3 is 0 Å². The van der Waals surface area contributed by atoms with Crippen LogP contribution in [-0.2, 0) is 11.2 Å². The summed E-state index contributed by atoms with van der Waals surface area (Å²) in [7, 11) is 0. The average molecular weight is 338 g/mol. The molecule has 1 fully saturated rings. The molecule has 0 spiro atoms. The third kappa shape index (κ3) is 2.97. The fraction of sp³-hybridized carbons (Fsp3) is 0.278. The Balaban J connectivity index is 1.45. The molecular formula is C18H18N4OS. The first kappa shape index (κ1) is 15.1. The van der Waals surface area contributed by atoms with Crippen LogP contribution in [0.15, 0.2) is 48.0 Å². The van der Waals surface area contributed by atoms with Crippen LogP contribution < -0.4 is 4.90 Å². The highest BCUT2D eigenvalue weighted by Crippen LogP contribution is 2.24. The molecule has 0 radical (unpaired) electrons. The Hall–Kier alpha value is -2.47. The van der Waals surface area contributed by atoms with E-state index in [2.05, 4.69) is 21.2 Å². The Morgan fingerprint density at radius 1 is 1.08 bits per heavy atom. The van der Waals surface area contributed by atoms with E-state index in [1.165, 1.54) is 0 Å². The van der Waals surface area contributed by atoms with E-state index in [4.69, 9.17) is 0 Å². The molecule has 6 heteroatoms. The van der Waals surface area contributed by atoms with Gasteiger partial charge in [0.05, 0.1) is 12.6 Å². The Kier molecular flexibility index (Phi) is 4.13. The number of carbonyl (C=O) groups is 1. The van der Waals surface area contributed by atoms with E-state index < -0.39 is 0 Å². The van der Waals surface area contributed by atoms with Gasteiger partial charge in [-0.25, -0.2) is 0 Å². The lowest BCUT2D eigenvalue weighted by Crippen LogP contribution is -2.49. The third-order valence-corrected chi connectivity index (χ3v) is 5.26. The zero-order valence-corrected chi connectivity index (χ0v) is 14.1. The molecule has 1 aliphatic rings. The van der Waals surface area contributed by atoms with Gasteiger partial charge in [0.2, 0.25) is 5.91 Å². The summed E-state index contributed by atoms with van der Waals surface area (Å²) in [6.07, 6.45) is 2.30. The van der Waals surface area contributed by atoms with Gasteiger partial charge in [-0.05, 0) is 11.4 Å². The standard InChI is InChI=1S/C18H18N4OS/c23-17(12-15-5-3-11-24-15)21-7-9-22(10-8-21)18-16-6-2-1-4-14(16)13-19-20-18/h1-6,11,13H,7-10,12H2. The fourth-order valence-electron chi connectivity index (χ4n) is 3.09. The van der Waals surface area contributed by atoms with Crippen LogP contribution >= 0.6 is 11.3 Å². The lowest BCUT2D eigenvalue weighted by molar-refractivity contribution is -0.130. The normalized spacial score (nSPS) is 15.0. The quantitative estimate of drug-likeness (QED) is 0.736. The molecule has 0 atom stereocenters. The summed E-state index contributed by atoms with van der Waals surface area (Å²) in [5.74, 6) is 1.12. The molecule has 3 heterocycles. The molecule has 5 nitrogen and oxygen atoms in total. The molecule has 1 aliphatic heterocycles. The maximum Gasteiger partial charge on any atom is 0.227 e. The molecule has 0 bridgehead atoms. The second-order valence-corrected chi connectivity index (χ2v) is 6.91. The molecule has 122 valence electrons. The van der Waals surface area contributed by atoms with Crippen molar-refractivity contribution in [2.45, 2.75) is 6.42 Å². The Morgan fingerprint density at radius 3 is 2.71 bits per heavy atom. The highest BCUT2D eigenvalue weighted by molar-refractivity contribution is 7.10. The number of amides is 1. The SMILES string of the molecule is O=C(Cc1cccs1)N1CCN(c2nncc3ccccc23)CC1. The minimum atomic E-state index is 0.209. The molecular weight excluding hydrogens is 320 g/mol. The molecule has 24 heavy (non-hydrogen) atoms. The minimum Gasteiger partial charge on any atom is -0.351 e. The van der Waals surface area contributed by atoms with Crippen LogP contribution in [0.5, 0.6) is 0 Å². The van der Waals surface area contributed by atoms with Gasteiger partial charge in [0.25, 0.3) is 0 Å². The fourth-order valence-corrected chi connectivity index (χ4v) is 3.78. The van der Waals surface area contributed by atoms with E-state index in [0.717, 1.165) is 47.6 Å². The van der Waals surface area contributed by atoms with Gasteiger partial charge in [-0.1, -0.05) is 30.3 Å². The van der Waals surface area contributed by atoms with Gasteiger partial charge in [-0.15, -0.1) is 16.4 Å². The third-order valence-electron chi connectivity index (χ3n) is 4.39. The van der Waals surface area contributed by atoms with Crippen LogP contribution in [-0.4, -0.2) is 47.2 Å². The van der Waals surface area contributed by atoms with Crippen LogP contribution in [0.25, 0.3) is 10.8 Å². The first-order valence-corrected chi connectivity index (χ1v) is 8.95. The molecule has 0 unspecified atom stereocenters. The summed E-state index contributed by atoms with van der Waals surface area (Å²) in [5.41, 5.74) is 0. The molecule has 1 saturated heterocycles. The van der Waals surface area contributed by atoms with Crippen molar-refractivity contribution in [2.75, 3.05) is 31.1 Å². The van der Waals surface area contributed by atoms with Crippen molar-refractivity contribution < 1.29 is 4.79 Å². The lowest BCUT2D eigenvalue weighted by atomic mass is 10.1. The molecule has 0 aliphatic carbocycles. The summed E-state index contributed by atoms with van der Waals surface area (Å²) in [5, 5.41) is 12.7. The van der Waals surface area contributed by atoms with Crippen molar-refractivity contribution >= 4 is 33.8 Å². The number of piperazine rings is 1. The van der Waals surface area contributed by atoms with Crippen molar-refractivity contribution in [3.05, 3.63) is 52.9 Å². The van der Waals surface area contributed by atoms with Gasteiger partial charge < -0.3 is 9.80 Å². The monoisotopic (exact) mass is 338 g/mol. The predicted molar refractivity (Wildman–Crippen MR) is 96.4 cm³/mol. The second kappa shape index (κ2) is 6.57. The maximum atomic E-state index is 12.4. The molecule has 2 aromatic heterocycles. The number of hydrogen-bond acceptors (Lipinski definition) is 5. The van der Waals surface area contributed by atoms with Gasteiger partial charge in [0.1, 0.15) is 0 Å². The molecule has 1 aromatic carbocycles. The number of anilines is 1. The van der Waals surface area contributed by atoms with Crippen LogP contribution in [0.1, 0.15) is 4.88 Å². The van der Waals surface area contributed by atoms with E-state index in [1.807, 2.05) is 40.6 Å². The maximum absolute atomic E-state index is 12.4. The molecule has 3 aromatic rings. The number of nitrogens with zero attached hydrogens (tertiary/aromatic N) is 4. The van der Waals surface area contributed by atoms with Crippen LogP contribution in [0, 0.1) is 0 Å². The van der Waals surface area contributed by atoms with Crippen molar-refractivity contribution in [2.24, 2.45) is 0 Å². The predicted octanol–water partition coefficient (Wildman–Crippen LogP) is 2.58. The first-order chi connectivity index (χ1) is 11.8. The summed E-state index contributed by atoms with van der Waals surface area (Å²) >= 11 is 1.64. The second-order valence-electron chi connectivity index (χ2n) is 5.88. The summed E-state index contributed by atoms with van der Waals surface area (Å²) < 4.78 is 0. The van der Waals surface area contributed by atoms with E-state index in [-0.39, 0.29) is 5.91 Å². The van der Waals surface area contributed by atoms with Gasteiger partial charge in [0, 0.05) is 41.8 Å². The van der Waals surface area contributed by atoms with Crippen LogP contribution in [0.4, 0.5) is 5.82 Å². The average Bonchev–Trinajstić information content (AvgIpc) is 3.14. The van der Waals surface area contributed by atoms with Crippen LogP contribution in [0.3, 0.4) is 0 Å². The number of aromatic nitrogens is 2. The number of rotatable bonds is 3. The van der Waals surface area contributed by atoms with Crippen molar-refractivity contribution in [1.82, 2.24) is 15.1 Å². The zero-order chi connectivity index (χ0) is 16.4. The van der Waals surface area contributed by atoms with Crippen LogP contribution in [0.2, 0.25) is 0 Å². The van der Waals surface area contributed by atoms with Gasteiger partial charge in [-0.2, -0.15) is 5.10 Å². The number of thiophene rings is 1. The van der Waals surface area contributed by atoms with E-state index in [1.54, 1.807) is 17.5 Å². The summed E-state index contributed by atoms with van der Waals surface area (Å²) in [4.78, 5) is 17.7. The van der Waals surface area contributed by atoms with Gasteiger partial charge in [-0.3, -0.25) is 4.79 Å². The smallest absolute Gasteiger partial charge is 0.227 e. The lowest BCUT2D eigenvalue weighted by Gasteiger charge is -2.35. The number of carbonyl (C=O) groups excluding carboxylic acids is 1. The number of hydrogen-bond donors (Lipinski definition) is 0. The largest absolute Gasteiger partial charge is 0.351 e.